The molecule has 0 fully saturated rings. The first-order valence-corrected chi connectivity index (χ1v) is 7.06. The molecule has 1 atom stereocenters. The molecule has 2 heteroatoms. The van der Waals surface area contributed by atoms with Crippen LogP contribution in [-0.2, 0) is 0 Å². The second-order valence-corrected chi connectivity index (χ2v) is 5.81. The summed E-state index contributed by atoms with van der Waals surface area (Å²) in [7, 11) is 0. The van der Waals surface area contributed by atoms with Crippen molar-refractivity contribution in [2.24, 2.45) is 11.1 Å². The molecule has 0 bridgehead atoms. The Morgan fingerprint density at radius 2 is 2.24 bits per heavy atom. The fourth-order valence-corrected chi connectivity index (χ4v) is 3.05. The average Bonchev–Trinajstić information content (AvgIpc) is 2.65. The number of hydrogen-bond donors (Lipinski definition) is 2. The Bertz CT molecular complexity index is 297. The summed E-state index contributed by atoms with van der Waals surface area (Å²) in [6, 6.07) is 0. The van der Waals surface area contributed by atoms with Gasteiger partial charge in [0.2, 0.25) is 0 Å². The van der Waals surface area contributed by atoms with Gasteiger partial charge in [-0.3, -0.25) is 0 Å². The third kappa shape index (κ3) is 3.35. The van der Waals surface area contributed by atoms with E-state index in [1.54, 1.807) is 11.3 Å². The maximum Gasteiger partial charge on any atom is 0.0147 e. The first-order chi connectivity index (χ1) is 8.23. The summed E-state index contributed by atoms with van der Waals surface area (Å²) in [5, 5.41) is 3.58. The molecule has 2 rings (SSSR count). The van der Waals surface area contributed by atoms with Gasteiger partial charge in [-0.05, 0) is 56.9 Å². The Morgan fingerprint density at radius 1 is 1.35 bits per heavy atom. The number of rotatable bonds is 5. The molecule has 1 aliphatic carbocycles. The molecular formula is C15H26N2. The van der Waals surface area contributed by atoms with Crippen LogP contribution < -0.4 is 11.1 Å². The highest BCUT2D eigenvalue weighted by Crippen LogP contribution is 2.44. The van der Waals surface area contributed by atoms with Gasteiger partial charge in [0.1, 0.15) is 0 Å². The minimum Gasteiger partial charge on any atom is -0.388 e. The molecule has 2 nitrogen and oxygen atoms in total. The third-order valence-corrected chi connectivity index (χ3v) is 3.96. The van der Waals surface area contributed by atoms with Crippen molar-refractivity contribution < 1.29 is 0 Å². The monoisotopic (exact) mass is 234 g/mol. The zero-order valence-corrected chi connectivity index (χ0v) is 11.1. The fraction of sp³-hybridized carbons (Fsp3) is 0.733. The van der Waals surface area contributed by atoms with Crippen LogP contribution in [0.1, 0.15) is 51.9 Å². The summed E-state index contributed by atoms with van der Waals surface area (Å²) in [4.78, 5) is 0. The van der Waals surface area contributed by atoms with Crippen molar-refractivity contribution in [3.63, 3.8) is 0 Å². The quantitative estimate of drug-likeness (QED) is 0.566. The number of allylic oxidation sites excluding steroid dienone is 4. The number of unbranched alkanes of at least 4 members (excludes halogenated alkanes) is 2. The Morgan fingerprint density at radius 3 is 3.00 bits per heavy atom. The van der Waals surface area contributed by atoms with Crippen molar-refractivity contribution >= 4 is 0 Å². The van der Waals surface area contributed by atoms with Crippen LogP contribution in [0.25, 0.3) is 0 Å². The van der Waals surface area contributed by atoms with E-state index in [-0.39, 0.29) is 0 Å². The molecule has 17 heavy (non-hydrogen) atoms. The highest BCUT2D eigenvalue weighted by Gasteiger charge is 2.33. The van der Waals surface area contributed by atoms with Crippen molar-refractivity contribution in [1.29, 1.82) is 0 Å². The van der Waals surface area contributed by atoms with Gasteiger partial charge in [0.25, 0.3) is 0 Å². The molecule has 0 aromatic rings. The van der Waals surface area contributed by atoms with E-state index < -0.39 is 0 Å². The van der Waals surface area contributed by atoms with Crippen molar-refractivity contribution in [2.75, 3.05) is 13.1 Å². The van der Waals surface area contributed by atoms with Gasteiger partial charge < -0.3 is 11.1 Å². The Kier molecular flexibility index (Phi) is 4.27. The highest BCUT2D eigenvalue weighted by molar-refractivity contribution is 5.28. The normalized spacial score (nSPS) is 28.6. The van der Waals surface area contributed by atoms with Gasteiger partial charge in [-0.25, -0.2) is 0 Å². The SMILES string of the molecule is CC1(/C=C/CCCCN)CC2=C(C1)NCCC2. The summed E-state index contributed by atoms with van der Waals surface area (Å²) in [5.41, 5.74) is 9.11. The minimum absolute atomic E-state index is 0.380. The average molecular weight is 234 g/mol. The smallest absolute Gasteiger partial charge is 0.0147 e. The molecule has 1 aliphatic heterocycles. The molecule has 1 unspecified atom stereocenters. The van der Waals surface area contributed by atoms with Gasteiger partial charge in [-0.15, -0.1) is 0 Å². The molecule has 0 spiro atoms. The zero-order chi connectivity index (χ0) is 12.1. The molecule has 0 saturated heterocycles. The van der Waals surface area contributed by atoms with Crippen molar-refractivity contribution in [3.05, 3.63) is 23.4 Å². The second-order valence-electron chi connectivity index (χ2n) is 5.81. The Labute approximate surface area is 105 Å². The number of nitrogens with one attached hydrogen (secondary N) is 1. The maximum absolute atomic E-state index is 5.50. The fourth-order valence-electron chi connectivity index (χ4n) is 3.05. The lowest BCUT2D eigenvalue weighted by Crippen LogP contribution is -2.19. The molecule has 0 aromatic carbocycles. The summed E-state index contributed by atoms with van der Waals surface area (Å²) in [5.74, 6) is 0. The lowest BCUT2D eigenvalue weighted by atomic mass is 9.85. The molecule has 2 aliphatic rings. The van der Waals surface area contributed by atoms with Crippen LogP contribution in [0, 0.1) is 5.41 Å². The number of nitrogens with two attached hydrogens (primary N) is 1. The molecule has 0 radical (unpaired) electrons. The molecule has 0 amide bonds. The highest BCUT2D eigenvalue weighted by atomic mass is 14.9. The Balaban J connectivity index is 1.82. The van der Waals surface area contributed by atoms with E-state index in [0.29, 0.717) is 5.41 Å². The maximum atomic E-state index is 5.50. The first kappa shape index (κ1) is 12.7. The summed E-state index contributed by atoms with van der Waals surface area (Å²) >= 11 is 0. The van der Waals surface area contributed by atoms with Gasteiger partial charge >= 0.3 is 0 Å². The molecule has 3 N–H and O–H groups in total. The lowest BCUT2D eigenvalue weighted by molar-refractivity contribution is 0.447. The largest absolute Gasteiger partial charge is 0.388 e. The predicted molar refractivity (Wildman–Crippen MR) is 73.6 cm³/mol. The summed E-state index contributed by atoms with van der Waals surface area (Å²) < 4.78 is 0. The first-order valence-electron chi connectivity index (χ1n) is 7.06. The van der Waals surface area contributed by atoms with Crippen LogP contribution in [-0.4, -0.2) is 13.1 Å². The van der Waals surface area contributed by atoms with Crippen LogP contribution >= 0.6 is 0 Å². The van der Waals surface area contributed by atoms with Crippen LogP contribution in [0.5, 0.6) is 0 Å². The molecular weight excluding hydrogens is 208 g/mol. The van der Waals surface area contributed by atoms with E-state index in [1.807, 2.05) is 0 Å². The van der Waals surface area contributed by atoms with Gasteiger partial charge in [0, 0.05) is 12.2 Å². The van der Waals surface area contributed by atoms with Gasteiger partial charge in [0.15, 0.2) is 0 Å². The van der Waals surface area contributed by atoms with Crippen LogP contribution in [0.15, 0.2) is 23.4 Å². The van der Waals surface area contributed by atoms with E-state index in [4.69, 9.17) is 5.73 Å². The zero-order valence-electron chi connectivity index (χ0n) is 11.1. The van der Waals surface area contributed by atoms with E-state index in [0.717, 1.165) is 13.0 Å². The lowest BCUT2D eigenvalue weighted by Gasteiger charge is -2.19. The van der Waals surface area contributed by atoms with Gasteiger partial charge in [0.05, 0.1) is 0 Å². The minimum atomic E-state index is 0.380. The topological polar surface area (TPSA) is 38.0 Å². The Hall–Kier alpha value is -0.760. The van der Waals surface area contributed by atoms with Crippen LogP contribution in [0.2, 0.25) is 0 Å². The molecule has 0 saturated carbocycles. The van der Waals surface area contributed by atoms with Crippen molar-refractivity contribution in [1.82, 2.24) is 5.32 Å². The van der Waals surface area contributed by atoms with Crippen molar-refractivity contribution in [2.45, 2.75) is 51.9 Å². The van der Waals surface area contributed by atoms with Gasteiger partial charge in [-0.2, -0.15) is 0 Å². The molecule has 0 aromatic heterocycles. The van der Waals surface area contributed by atoms with Crippen LogP contribution in [0.3, 0.4) is 0 Å². The predicted octanol–water partition coefficient (Wildman–Crippen LogP) is 3.11. The number of hydrogen-bond acceptors (Lipinski definition) is 2. The van der Waals surface area contributed by atoms with Crippen molar-refractivity contribution in [3.8, 4) is 0 Å². The second kappa shape index (κ2) is 5.72. The molecule has 1 heterocycles. The summed E-state index contributed by atoms with van der Waals surface area (Å²) in [6.07, 6.45) is 13.5. The van der Waals surface area contributed by atoms with E-state index in [1.165, 1.54) is 45.1 Å². The summed E-state index contributed by atoms with van der Waals surface area (Å²) in [6.45, 7) is 4.40. The van der Waals surface area contributed by atoms with E-state index in [2.05, 4.69) is 24.4 Å². The van der Waals surface area contributed by atoms with E-state index in [9.17, 15) is 0 Å². The van der Waals surface area contributed by atoms with E-state index >= 15 is 0 Å². The standard InChI is InChI=1S/C15H26N2/c1-15(8-4-2-3-5-9-16)11-13-7-6-10-17-14(13)12-15/h4,8,17H,2-3,5-7,9-12,16H2,1H3/b8-4+. The molecule has 96 valence electrons. The van der Waals surface area contributed by atoms with Gasteiger partial charge in [-0.1, -0.05) is 24.6 Å². The van der Waals surface area contributed by atoms with Crippen LogP contribution in [0.4, 0.5) is 0 Å². The third-order valence-electron chi connectivity index (χ3n) is 3.96.